The molecule has 0 unspecified atom stereocenters. The Hall–Kier alpha value is -3.66. The number of hydrogen-bond donors (Lipinski definition) is 1. The van der Waals surface area contributed by atoms with Crippen molar-refractivity contribution in [3.05, 3.63) is 100 Å². The van der Waals surface area contributed by atoms with Gasteiger partial charge in [-0.25, -0.2) is 4.90 Å². The lowest BCUT2D eigenvalue weighted by Gasteiger charge is -2.17. The Balaban J connectivity index is 1.84. The number of aryl methyl sites for hydroxylation is 4. The van der Waals surface area contributed by atoms with Crippen LogP contribution in [0, 0.1) is 27.7 Å². The van der Waals surface area contributed by atoms with Gasteiger partial charge in [0.1, 0.15) is 5.70 Å². The molecule has 4 nitrogen and oxygen atoms in total. The van der Waals surface area contributed by atoms with Crippen molar-refractivity contribution in [3.8, 4) is 0 Å². The van der Waals surface area contributed by atoms with Gasteiger partial charge < -0.3 is 5.32 Å². The van der Waals surface area contributed by atoms with E-state index in [9.17, 15) is 9.59 Å². The minimum Gasteiger partial charge on any atom is -0.350 e. The van der Waals surface area contributed by atoms with Crippen molar-refractivity contribution in [2.24, 2.45) is 0 Å². The Morgan fingerprint density at radius 3 is 2.07 bits per heavy atom. The van der Waals surface area contributed by atoms with Crippen molar-refractivity contribution in [2.45, 2.75) is 27.7 Å². The zero-order valence-electron chi connectivity index (χ0n) is 17.6. The number of benzene rings is 3. The molecule has 3 aromatic rings. The number of carbonyl (C=O) groups excluding carboxylic acids is 2. The summed E-state index contributed by atoms with van der Waals surface area (Å²) in [5.74, 6) is -0.660. The number of nitrogens with one attached hydrogen (secondary N) is 1. The second-order valence-electron chi connectivity index (χ2n) is 7.77. The molecule has 0 saturated heterocycles. The van der Waals surface area contributed by atoms with Gasteiger partial charge in [-0.05, 0) is 68.1 Å². The monoisotopic (exact) mass is 396 g/mol. The van der Waals surface area contributed by atoms with Crippen molar-refractivity contribution in [3.63, 3.8) is 0 Å². The van der Waals surface area contributed by atoms with Crippen LogP contribution in [-0.2, 0) is 9.59 Å². The fraction of sp³-hybridized carbons (Fsp3) is 0.154. The maximum atomic E-state index is 13.5. The largest absolute Gasteiger partial charge is 0.350 e. The molecule has 0 saturated carbocycles. The van der Waals surface area contributed by atoms with Crippen LogP contribution < -0.4 is 10.2 Å². The zero-order valence-corrected chi connectivity index (χ0v) is 17.6. The quantitative estimate of drug-likeness (QED) is 0.608. The Morgan fingerprint density at radius 1 is 0.700 bits per heavy atom. The molecule has 0 spiro atoms. The van der Waals surface area contributed by atoms with Gasteiger partial charge in [0.05, 0.1) is 11.3 Å². The van der Waals surface area contributed by atoms with Crippen LogP contribution in [0.25, 0.3) is 5.57 Å². The summed E-state index contributed by atoms with van der Waals surface area (Å²) in [4.78, 5) is 28.2. The molecule has 1 N–H and O–H groups in total. The zero-order chi connectivity index (χ0) is 21.4. The molecule has 0 radical (unpaired) electrons. The maximum Gasteiger partial charge on any atom is 0.282 e. The highest BCUT2D eigenvalue weighted by atomic mass is 16.2. The third kappa shape index (κ3) is 3.41. The molecule has 0 aromatic heterocycles. The summed E-state index contributed by atoms with van der Waals surface area (Å²) in [7, 11) is 0. The first-order chi connectivity index (χ1) is 14.4. The second-order valence-corrected chi connectivity index (χ2v) is 7.77. The van der Waals surface area contributed by atoms with Crippen LogP contribution in [0.3, 0.4) is 0 Å². The van der Waals surface area contributed by atoms with E-state index < -0.39 is 0 Å². The lowest BCUT2D eigenvalue weighted by Crippen LogP contribution is -2.33. The molecule has 1 aliphatic heterocycles. The molecule has 4 heteroatoms. The smallest absolute Gasteiger partial charge is 0.282 e. The Bertz CT molecular complexity index is 1190. The topological polar surface area (TPSA) is 49.4 Å². The molecule has 1 heterocycles. The first kappa shape index (κ1) is 19.6. The summed E-state index contributed by atoms with van der Waals surface area (Å²) in [6.07, 6.45) is 0. The van der Waals surface area contributed by atoms with Gasteiger partial charge in [0.15, 0.2) is 0 Å². The molecular formula is C26H24N2O2. The summed E-state index contributed by atoms with van der Waals surface area (Å²) in [6.45, 7) is 7.96. The van der Waals surface area contributed by atoms with Crippen molar-refractivity contribution < 1.29 is 9.59 Å². The van der Waals surface area contributed by atoms with Crippen LogP contribution >= 0.6 is 0 Å². The highest BCUT2D eigenvalue weighted by Crippen LogP contribution is 2.35. The van der Waals surface area contributed by atoms with Crippen molar-refractivity contribution in [1.29, 1.82) is 0 Å². The van der Waals surface area contributed by atoms with Crippen LogP contribution in [0.1, 0.15) is 27.8 Å². The van der Waals surface area contributed by atoms with Crippen molar-refractivity contribution in [1.82, 2.24) is 0 Å². The molecule has 1 aliphatic rings. The van der Waals surface area contributed by atoms with Crippen LogP contribution in [0.15, 0.2) is 72.4 Å². The van der Waals surface area contributed by atoms with E-state index in [0.717, 1.165) is 27.9 Å². The van der Waals surface area contributed by atoms with Crippen molar-refractivity contribution in [2.75, 3.05) is 10.2 Å². The summed E-state index contributed by atoms with van der Waals surface area (Å²) in [5, 5.41) is 3.24. The summed E-state index contributed by atoms with van der Waals surface area (Å²) >= 11 is 0. The molecule has 0 aliphatic carbocycles. The average molecular weight is 396 g/mol. The normalized spacial score (nSPS) is 13.9. The molecule has 0 atom stereocenters. The van der Waals surface area contributed by atoms with E-state index in [-0.39, 0.29) is 11.8 Å². The number of imide groups is 1. The predicted octanol–water partition coefficient (Wildman–Crippen LogP) is 5.32. The number of carbonyl (C=O) groups is 2. The van der Waals surface area contributed by atoms with Crippen LogP contribution in [-0.4, -0.2) is 11.8 Å². The van der Waals surface area contributed by atoms with E-state index in [0.29, 0.717) is 17.0 Å². The van der Waals surface area contributed by atoms with Crippen molar-refractivity contribution >= 4 is 28.8 Å². The molecular weight excluding hydrogens is 372 g/mol. The van der Waals surface area contributed by atoms with Crippen LogP contribution in [0.2, 0.25) is 0 Å². The molecule has 4 rings (SSSR count). The first-order valence-corrected chi connectivity index (χ1v) is 9.97. The van der Waals surface area contributed by atoms with E-state index in [2.05, 4.69) is 5.32 Å². The molecule has 150 valence electrons. The SMILES string of the molecule is Cc1ccc(C2=C(Nc3ccc(C)c(C)c3)C(=O)N(c3ccccc3C)C2=O)cc1. The highest BCUT2D eigenvalue weighted by molar-refractivity contribution is 6.46. The van der Waals surface area contributed by atoms with E-state index in [1.165, 1.54) is 10.5 Å². The Labute approximate surface area is 176 Å². The molecule has 0 fully saturated rings. The van der Waals surface area contributed by atoms with E-state index in [4.69, 9.17) is 0 Å². The first-order valence-electron chi connectivity index (χ1n) is 9.97. The lowest BCUT2D eigenvalue weighted by atomic mass is 10.0. The van der Waals surface area contributed by atoms with E-state index >= 15 is 0 Å². The minimum absolute atomic E-state index is 0.301. The minimum atomic E-state index is -0.344. The van der Waals surface area contributed by atoms with E-state index in [1.54, 1.807) is 6.07 Å². The third-order valence-corrected chi connectivity index (χ3v) is 5.56. The highest BCUT2D eigenvalue weighted by Gasteiger charge is 2.40. The average Bonchev–Trinajstić information content (AvgIpc) is 2.96. The van der Waals surface area contributed by atoms with Gasteiger partial charge in [-0.2, -0.15) is 0 Å². The molecule has 30 heavy (non-hydrogen) atoms. The van der Waals surface area contributed by atoms with Gasteiger partial charge in [-0.1, -0.05) is 54.1 Å². The van der Waals surface area contributed by atoms with Crippen LogP contribution in [0.4, 0.5) is 11.4 Å². The summed E-state index contributed by atoms with van der Waals surface area (Å²) < 4.78 is 0. The summed E-state index contributed by atoms with van der Waals surface area (Å²) in [6, 6.07) is 21.0. The van der Waals surface area contributed by atoms with Crippen LogP contribution in [0.5, 0.6) is 0 Å². The second kappa shape index (κ2) is 7.64. The lowest BCUT2D eigenvalue weighted by molar-refractivity contribution is -0.120. The number of anilines is 2. The van der Waals surface area contributed by atoms with Gasteiger partial charge in [-0.3, -0.25) is 9.59 Å². The van der Waals surface area contributed by atoms with Gasteiger partial charge in [-0.15, -0.1) is 0 Å². The predicted molar refractivity (Wildman–Crippen MR) is 121 cm³/mol. The third-order valence-electron chi connectivity index (χ3n) is 5.56. The fourth-order valence-electron chi connectivity index (χ4n) is 3.63. The number of amides is 2. The number of nitrogens with zero attached hydrogens (tertiary/aromatic N) is 1. The van der Waals surface area contributed by atoms with E-state index in [1.807, 2.05) is 88.4 Å². The van der Waals surface area contributed by atoms with Gasteiger partial charge >= 0.3 is 0 Å². The van der Waals surface area contributed by atoms with Gasteiger partial charge in [0.2, 0.25) is 0 Å². The Kier molecular flexibility index (Phi) is 5.00. The fourth-order valence-corrected chi connectivity index (χ4v) is 3.63. The van der Waals surface area contributed by atoms with Gasteiger partial charge in [0, 0.05) is 5.69 Å². The number of rotatable bonds is 4. The molecule has 0 bridgehead atoms. The number of hydrogen-bond acceptors (Lipinski definition) is 3. The van der Waals surface area contributed by atoms with Gasteiger partial charge in [0.25, 0.3) is 11.8 Å². The standard InChI is InChI=1S/C26H24N2O2/c1-16-9-12-20(13-10-16)23-24(27-21-14-11-17(2)19(4)15-21)26(30)28(25(23)29)22-8-6-5-7-18(22)3/h5-15,27H,1-4H3. The maximum absolute atomic E-state index is 13.5. The molecule has 3 aromatic carbocycles. The Morgan fingerprint density at radius 2 is 1.40 bits per heavy atom. The number of para-hydroxylation sites is 1. The molecule has 2 amide bonds. The summed E-state index contributed by atoms with van der Waals surface area (Å²) in [5.41, 5.74) is 7.05.